The molecule has 0 amide bonds. The standard InChI is InChI=1S/C28H21Cl2NO4/c29-22-2-1-3-23(30)26(22)27-21(28(35-31-27)18-7-8-18)15-33-20-10-11-24-19(13-20)9-6-17-5-4-16(14-32)12-25(17)34-24/h1-5,10-14,18H,6-9,15H2. The summed E-state index contributed by atoms with van der Waals surface area (Å²) in [6.45, 7) is 0.286. The number of carbonyl (C=O) groups excluding carboxylic acids is 1. The predicted octanol–water partition coefficient (Wildman–Crippen LogP) is 7.81. The number of hydrogen-bond donors (Lipinski definition) is 0. The molecule has 4 aromatic rings. The zero-order chi connectivity index (χ0) is 23.9. The molecule has 0 N–H and O–H groups in total. The summed E-state index contributed by atoms with van der Waals surface area (Å²) in [5.74, 6) is 3.42. The molecule has 1 fully saturated rings. The third kappa shape index (κ3) is 4.30. The van der Waals surface area contributed by atoms with Gasteiger partial charge in [0.2, 0.25) is 0 Å². The molecule has 0 saturated heterocycles. The van der Waals surface area contributed by atoms with Gasteiger partial charge in [-0.1, -0.05) is 46.6 Å². The third-order valence-electron chi connectivity index (χ3n) is 6.49. The van der Waals surface area contributed by atoms with Gasteiger partial charge in [0.05, 0.1) is 15.6 Å². The fraction of sp³-hybridized carbons (Fsp3) is 0.214. The highest BCUT2D eigenvalue weighted by molar-refractivity contribution is 6.39. The van der Waals surface area contributed by atoms with E-state index in [0.717, 1.165) is 71.7 Å². The molecule has 5 nitrogen and oxygen atoms in total. The van der Waals surface area contributed by atoms with Crippen molar-refractivity contribution in [3.8, 4) is 28.5 Å². The number of carbonyl (C=O) groups is 1. The number of rotatable bonds is 6. The van der Waals surface area contributed by atoms with E-state index in [1.807, 2.05) is 36.4 Å². The molecular weight excluding hydrogens is 485 g/mol. The summed E-state index contributed by atoms with van der Waals surface area (Å²) in [6.07, 6.45) is 4.59. The van der Waals surface area contributed by atoms with E-state index in [0.29, 0.717) is 32.8 Å². The largest absolute Gasteiger partial charge is 0.489 e. The summed E-state index contributed by atoms with van der Waals surface area (Å²) >= 11 is 12.9. The lowest BCUT2D eigenvalue weighted by Crippen LogP contribution is -2.01. The first-order chi connectivity index (χ1) is 17.1. The van der Waals surface area contributed by atoms with Crippen LogP contribution >= 0.6 is 23.2 Å². The molecule has 0 unspecified atom stereocenters. The van der Waals surface area contributed by atoms with Crippen molar-refractivity contribution in [3.63, 3.8) is 0 Å². The highest BCUT2D eigenvalue weighted by Gasteiger charge is 2.33. The van der Waals surface area contributed by atoms with Gasteiger partial charge in [-0.15, -0.1) is 0 Å². The third-order valence-corrected chi connectivity index (χ3v) is 7.12. The Morgan fingerprint density at radius 2 is 1.77 bits per heavy atom. The zero-order valence-electron chi connectivity index (χ0n) is 18.7. The van der Waals surface area contributed by atoms with Crippen molar-refractivity contribution in [1.29, 1.82) is 0 Å². The first kappa shape index (κ1) is 22.2. The number of ether oxygens (including phenoxy) is 2. The minimum atomic E-state index is 0.286. The van der Waals surface area contributed by atoms with Crippen LogP contribution in [0.5, 0.6) is 17.2 Å². The Balaban J connectivity index is 1.27. The van der Waals surface area contributed by atoms with Crippen molar-refractivity contribution in [1.82, 2.24) is 5.16 Å². The molecule has 0 radical (unpaired) electrons. The number of nitrogens with zero attached hydrogens (tertiary/aromatic N) is 1. The molecule has 3 aromatic carbocycles. The first-order valence-electron chi connectivity index (χ1n) is 11.5. The maximum absolute atomic E-state index is 11.2. The van der Waals surface area contributed by atoms with Crippen LogP contribution in [0.1, 0.15) is 51.6 Å². The van der Waals surface area contributed by atoms with Gasteiger partial charge in [0.25, 0.3) is 0 Å². The van der Waals surface area contributed by atoms with Gasteiger partial charge >= 0.3 is 0 Å². The molecule has 1 aliphatic heterocycles. The molecule has 1 saturated carbocycles. The summed E-state index contributed by atoms with van der Waals surface area (Å²) in [5.41, 5.74) is 4.89. The van der Waals surface area contributed by atoms with Crippen LogP contribution in [0.3, 0.4) is 0 Å². The summed E-state index contributed by atoms with van der Waals surface area (Å²) in [6, 6.07) is 16.8. The Morgan fingerprint density at radius 1 is 0.971 bits per heavy atom. The van der Waals surface area contributed by atoms with Crippen LogP contribution in [0.15, 0.2) is 59.1 Å². The number of aldehydes is 1. The number of fused-ring (bicyclic) bond motifs is 2. The Hall–Kier alpha value is -3.28. The van der Waals surface area contributed by atoms with E-state index in [4.69, 9.17) is 37.2 Å². The van der Waals surface area contributed by atoms with Gasteiger partial charge in [-0.2, -0.15) is 0 Å². The summed E-state index contributed by atoms with van der Waals surface area (Å²) in [7, 11) is 0. The molecule has 7 heteroatoms. The summed E-state index contributed by atoms with van der Waals surface area (Å²) in [4.78, 5) is 11.2. The molecule has 0 spiro atoms. The number of hydrogen-bond acceptors (Lipinski definition) is 5. The Kier molecular flexibility index (Phi) is 5.75. The lowest BCUT2D eigenvalue weighted by atomic mass is 10.0. The number of benzene rings is 3. The van der Waals surface area contributed by atoms with E-state index in [2.05, 4.69) is 5.16 Å². The SMILES string of the molecule is O=Cc1ccc2c(c1)Oc1ccc(OCc3c(-c4c(Cl)cccc4Cl)noc3C3CC3)cc1CC2. The van der Waals surface area contributed by atoms with Gasteiger partial charge in [-0.05, 0) is 73.2 Å². The smallest absolute Gasteiger partial charge is 0.150 e. The Labute approximate surface area is 212 Å². The minimum absolute atomic E-state index is 0.286. The zero-order valence-corrected chi connectivity index (χ0v) is 20.2. The second-order valence-corrected chi connectivity index (χ2v) is 9.70. The summed E-state index contributed by atoms with van der Waals surface area (Å²) < 4.78 is 18.1. The van der Waals surface area contributed by atoms with E-state index in [-0.39, 0.29) is 6.61 Å². The minimum Gasteiger partial charge on any atom is -0.489 e. The summed E-state index contributed by atoms with van der Waals surface area (Å²) in [5, 5.41) is 5.38. The van der Waals surface area contributed by atoms with Gasteiger partial charge in [0.1, 0.15) is 41.6 Å². The second kappa shape index (κ2) is 9.06. The van der Waals surface area contributed by atoms with Crippen LogP contribution in [0.25, 0.3) is 11.3 Å². The molecule has 2 aliphatic rings. The second-order valence-electron chi connectivity index (χ2n) is 8.89. The Morgan fingerprint density at radius 3 is 2.54 bits per heavy atom. The molecule has 0 atom stereocenters. The normalized spacial score (nSPS) is 14.5. The van der Waals surface area contributed by atoms with Crippen molar-refractivity contribution in [2.24, 2.45) is 0 Å². The molecule has 0 bridgehead atoms. The molecule has 35 heavy (non-hydrogen) atoms. The number of aryl methyl sites for hydroxylation is 2. The van der Waals surface area contributed by atoms with Crippen LogP contribution in [0.4, 0.5) is 0 Å². The molecule has 1 aliphatic carbocycles. The van der Waals surface area contributed by atoms with Crippen LogP contribution in [0.2, 0.25) is 10.0 Å². The monoisotopic (exact) mass is 505 g/mol. The Bertz CT molecular complexity index is 1420. The maximum atomic E-state index is 11.2. The molecule has 2 heterocycles. The topological polar surface area (TPSA) is 61.6 Å². The predicted molar refractivity (Wildman–Crippen MR) is 134 cm³/mol. The van der Waals surface area contributed by atoms with E-state index in [1.54, 1.807) is 18.2 Å². The molecule has 176 valence electrons. The van der Waals surface area contributed by atoms with Gasteiger partial charge in [0.15, 0.2) is 0 Å². The van der Waals surface area contributed by atoms with Gasteiger partial charge < -0.3 is 14.0 Å². The van der Waals surface area contributed by atoms with E-state index in [1.165, 1.54) is 0 Å². The number of aromatic nitrogens is 1. The van der Waals surface area contributed by atoms with Gasteiger partial charge in [0, 0.05) is 17.0 Å². The number of halogens is 2. The quantitative estimate of drug-likeness (QED) is 0.250. The van der Waals surface area contributed by atoms with E-state index < -0.39 is 0 Å². The van der Waals surface area contributed by atoms with Gasteiger partial charge in [-0.25, -0.2) is 0 Å². The molecule has 6 rings (SSSR count). The van der Waals surface area contributed by atoms with E-state index in [9.17, 15) is 4.79 Å². The van der Waals surface area contributed by atoms with Crippen molar-refractivity contribution in [2.45, 2.75) is 38.2 Å². The van der Waals surface area contributed by atoms with Crippen LogP contribution in [-0.4, -0.2) is 11.4 Å². The van der Waals surface area contributed by atoms with Crippen molar-refractivity contribution >= 4 is 29.5 Å². The van der Waals surface area contributed by atoms with Crippen molar-refractivity contribution in [3.05, 3.63) is 92.7 Å². The molecular formula is C28H21Cl2NO4. The van der Waals surface area contributed by atoms with Gasteiger partial charge in [-0.3, -0.25) is 4.79 Å². The fourth-order valence-corrected chi connectivity index (χ4v) is 5.05. The lowest BCUT2D eigenvalue weighted by Gasteiger charge is -2.12. The van der Waals surface area contributed by atoms with Crippen LogP contribution < -0.4 is 9.47 Å². The fourth-order valence-electron chi connectivity index (χ4n) is 4.48. The van der Waals surface area contributed by atoms with E-state index >= 15 is 0 Å². The van der Waals surface area contributed by atoms with Crippen LogP contribution in [0, 0.1) is 0 Å². The van der Waals surface area contributed by atoms with Crippen molar-refractivity contribution in [2.75, 3.05) is 0 Å². The molecule has 1 aromatic heterocycles. The van der Waals surface area contributed by atoms with Crippen molar-refractivity contribution < 1.29 is 18.8 Å². The maximum Gasteiger partial charge on any atom is 0.150 e. The lowest BCUT2D eigenvalue weighted by molar-refractivity contribution is 0.112. The average molecular weight is 506 g/mol. The van der Waals surface area contributed by atoms with Crippen LogP contribution in [-0.2, 0) is 19.4 Å². The highest BCUT2D eigenvalue weighted by atomic mass is 35.5. The first-order valence-corrected chi connectivity index (χ1v) is 12.3. The average Bonchev–Trinajstić information content (AvgIpc) is 3.65. The highest BCUT2D eigenvalue weighted by Crippen LogP contribution is 2.46.